The Morgan fingerprint density at radius 1 is 0.950 bits per heavy atom. The summed E-state index contributed by atoms with van der Waals surface area (Å²) in [6.45, 7) is 13.8. The van der Waals surface area contributed by atoms with Crippen molar-refractivity contribution in [2.45, 2.75) is 54.1 Å². The first-order valence-electron chi connectivity index (χ1n) is 6.91. The van der Waals surface area contributed by atoms with E-state index >= 15 is 0 Å². The van der Waals surface area contributed by atoms with E-state index in [0.717, 1.165) is 23.0 Å². The van der Waals surface area contributed by atoms with Crippen molar-refractivity contribution in [1.82, 2.24) is 8.75 Å². The number of halogens is 1. The lowest BCUT2D eigenvalue weighted by atomic mass is 9.80. The molecule has 1 aromatic heterocycles. The maximum absolute atomic E-state index is 14.6. The average Bonchev–Trinajstić information content (AvgIpc) is 2.63. The summed E-state index contributed by atoms with van der Waals surface area (Å²) in [6, 6.07) is 0. The molecule has 2 nitrogen and oxygen atoms in total. The number of nitrogens with zero attached hydrogens (tertiary/aromatic N) is 2. The molecule has 1 heterocycles. The lowest BCUT2D eigenvalue weighted by molar-refractivity contribution is 0.298. The molecule has 0 saturated heterocycles. The lowest BCUT2D eigenvalue weighted by Gasteiger charge is -2.25. The molecule has 20 heavy (non-hydrogen) atoms. The van der Waals surface area contributed by atoms with E-state index in [1.807, 2.05) is 6.08 Å². The minimum absolute atomic E-state index is 0.0501. The normalized spacial score (nSPS) is 19.0. The summed E-state index contributed by atoms with van der Waals surface area (Å²) in [7, 11) is 0. The average molecular weight is 294 g/mol. The van der Waals surface area contributed by atoms with Gasteiger partial charge in [0.25, 0.3) is 0 Å². The highest BCUT2D eigenvalue weighted by Gasteiger charge is 2.36. The largest absolute Gasteiger partial charge is 0.239 e. The van der Waals surface area contributed by atoms with Gasteiger partial charge in [-0.25, -0.2) is 4.39 Å². The van der Waals surface area contributed by atoms with Crippen LogP contribution >= 0.6 is 11.7 Å². The molecule has 2 rings (SSSR count). The zero-order valence-corrected chi connectivity index (χ0v) is 14.2. The molecule has 0 fully saturated rings. The number of alkyl halides is 1. The van der Waals surface area contributed by atoms with E-state index < -0.39 is 5.67 Å². The summed E-state index contributed by atoms with van der Waals surface area (Å²) in [4.78, 5) is 0. The van der Waals surface area contributed by atoms with Crippen LogP contribution in [0.5, 0.6) is 0 Å². The smallest absolute Gasteiger partial charge is 0.132 e. The van der Waals surface area contributed by atoms with Crippen LogP contribution < -0.4 is 0 Å². The third kappa shape index (κ3) is 2.85. The van der Waals surface area contributed by atoms with Crippen LogP contribution in [0.25, 0.3) is 11.1 Å². The molecule has 0 spiro atoms. The molecule has 4 heteroatoms. The van der Waals surface area contributed by atoms with Crippen LogP contribution in [0, 0.1) is 10.8 Å². The maximum atomic E-state index is 14.6. The predicted octanol–water partition coefficient (Wildman–Crippen LogP) is 5.14. The summed E-state index contributed by atoms with van der Waals surface area (Å²) < 4.78 is 23.4. The van der Waals surface area contributed by atoms with Crippen LogP contribution in [0.15, 0.2) is 12.2 Å². The Morgan fingerprint density at radius 2 is 1.40 bits per heavy atom. The first-order chi connectivity index (χ1) is 8.92. The monoisotopic (exact) mass is 294 g/mol. The lowest BCUT2D eigenvalue weighted by Crippen LogP contribution is -2.17. The van der Waals surface area contributed by atoms with E-state index in [2.05, 4.69) is 49.4 Å². The standard InChI is InChI=1S/C16H23FN2S/c1-14(2,3)10-8-15(4,5)9-11(16(6,7)17)13-12(10)18-20-19-13/h8-9H,1-7H3. The van der Waals surface area contributed by atoms with Crippen molar-refractivity contribution in [1.29, 1.82) is 0 Å². The van der Waals surface area contributed by atoms with Gasteiger partial charge < -0.3 is 0 Å². The van der Waals surface area contributed by atoms with Crippen molar-refractivity contribution in [3.05, 3.63) is 23.5 Å². The molecular weight excluding hydrogens is 271 g/mol. The van der Waals surface area contributed by atoms with Gasteiger partial charge >= 0.3 is 0 Å². The zero-order valence-electron chi connectivity index (χ0n) is 13.3. The summed E-state index contributed by atoms with van der Waals surface area (Å²) in [6.07, 6.45) is 4.19. The maximum Gasteiger partial charge on any atom is 0.132 e. The van der Waals surface area contributed by atoms with Gasteiger partial charge in [0.2, 0.25) is 0 Å². The second-order valence-corrected chi connectivity index (χ2v) is 8.15. The number of hydrogen-bond acceptors (Lipinski definition) is 3. The van der Waals surface area contributed by atoms with Gasteiger partial charge in [-0.3, -0.25) is 0 Å². The van der Waals surface area contributed by atoms with E-state index in [9.17, 15) is 4.39 Å². The molecule has 110 valence electrons. The predicted molar refractivity (Wildman–Crippen MR) is 84.3 cm³/mol. The molecule has 1 aliphatic rings. The van der Waals surface area contributed by atoms with Gasteiger partial charge in [0, 0.05) is 11.0 Å². The number of rotatable bonds is 1. The Labute approximate surface area is 125 Å². The van der Waals surface area contributed by atoms with Crippen LogP contribution in [0.3, 0.4) is 0 Å². The molecular formula is C16H23FN2S. The molecule has 0 N–H and O–H groups in total. The van der Waals surface area contributed by atoms with E-state index in [4.69, 9.17) is 0 Å². The van der Waals surface area contributed by atoms with E-state index in [-0.39, 0.29) is 10.8 Å². The van der Waals surface area contributed by atoms with Crippen molar-refractivity contribution >= 4 is 22.9 Å². The Morgan fingerprint density at radius 3 is 1.85 bits per heavy atom. The fourth-order valence-corrected chi connectivity index (χ4v) is 3.06. The molecule has 1 aliphatic carbocycles. The van der Waals surface area contributed by atoms with E-state index in [0.29, 0.717) is 11.3 Å². The van der Waals surface area contributed by atoms with E-state index in [1.165, 1.54) is 0 Å². The first kappa shape index (κ1) is 15.4. The van der Waals surface area contributed by atoms with Crippen molar-refractivity contribution in [3.63, 3.8) is 0 Å². The molecule has 0 unspecified atom stereocenters. The molecule has 1 aromatic rings. The topological polar surface area (TPSA) is 25.8 Å². The van der Waals surface area contributed by atoms with Crippen molar-refractivity contribution < 1.29 is 4.39 Å². The van der Waals surface area contributed by atoms with Crippen LogP contribution in [0.4, 0.5) is 4.39 Å². The van der Waals surface area contributed by atoms with Crippen molar-refractivity contribution in [2.24, 2.45) is 10.8 Å². The third-order valence-electron chi connectivity index (χ3n) is 3.48. The summed E-state index contributed by atoms with van der Waals surface area (Å²) in [5.41, 5.74) is 1.62. The van der Waals surface area contributed by atoms with Crippen LogP contribution in [-0.2, 0) is 0 Å². The zero-order chi connectivity index (χ0) is 15.3. The van der Waals surface area contributed by atoms with Crippen molar-refractivity contribution in [3.8, 4) is 0 Å². The highest BCUT2D eigenvalue weighted by molar-refractivity contribution is 6.99. The quantitative estimate of drug-likeness (QED) is 0.716. The second kappa shape index (κ2) is 4.48. The Kier molecular flexibility index (Phi) is 3.44. The Bertz CT molecular complexity index is 532. The van der Waals surface area contributed by atoms with Crippen LogP contribution in [-0.4, -0.2) is 14.4 Å². The van der Waals surface area contributed by atoms with Crippen LogP contribution in [0.1, 0.15) is 59.9 Å². The SMILES string of the molecule is CC1(C)C=C(C(C)(C)C)c2nsnc2C(C(C)(C)F)=C1. The van der Waals surface area contributed by atoms with E-state index in [1.54, 1.807) is 13.8 Å². The van der Waals surface area contributed by atoms with Gasteiger partial charge in [-0.1, -0.05) is 46.8 Å². The molecule has 0 atom stereocenters. The second-order valence-electron chi connectivity index (χ2n) is 7.62. The number of allylic oxidation sites excluding steroid dienone is 4. The molecule has 0 amide bonds. The number of aromatic nitrogens is 2. The van der Waals surface area contributed by atoms with Gasteiger partial charge in [-0.05, 0) is 24.8 Å². The van der Waals surface area contributed by atoms with Gasteiger partial charge in [0.1, 0.15) is 17.1 Å². The third-order valence-corrected chi connectivity index (χ3v) is 4.01. The first-order valence-corrected chi connectivity index (χ1v) is 7.64. The molecule has 0 saturated carbocycles. The highest BCUT2D eigenvalue weighted by Crippen LogP contribution is 2.46. The molecule has 0 radical (unpaired) electrons. The highest BCUT2D eigenvalue weighted by atomic mass is 32.1. The number of fused-ring (bicyclic) bond motifs is 1. The van der Waals surface area contributed by atoms with Crippen LogP contribution in [0.2, 0.25) is 0 Å². The summed E-state index contributed by atoms with van der Waals surface area (Å²) in [5.74, 6) is 0. The summed E-state index contributed by atoms with van der Waals surface area (Å²) >= 11 is 1.16. The Balaban J connectivity index is 2.74. The molecule has 0 bridgehead atoms. The minimum Gasteiger partial charge on any atom is -0.239 e. The fourth-order valence-electron chi connectivity index (χ4n) is 2.49. The van der Waals surface area contributed by atoms with Gasteiger partial charge in [0.05, 0.1) is 11.7 Å². The van der Waals surface area contributed by atoms with Gasteiger partial charge in [-0.15, -0.1) is 0 Å². The van der Waals surface area contributed by atoms with Gasteiger partial charge in [0.15, 0.2) is 0 Å². The molecule has 0 aromatic carbocycles. The fraction of sp³-hybridized carbons (Fsp3) is 0.625. The van der Waals surface area contributed by atoms with Crippen molar-refractivity contribution in [2.75, 3.05) is 0 Å². The van der Waals surface area contributed by atoms with Gasteiger partial charge in [-0.2, -0.15) is 8.75 Å². The Hall–Kier alpha value is -1.03. The minimum atomic E-state index is -1.43. The molecule has 0 aliphatic heterocycles. The summed E-state index contributed by atoms with van der Waals surface area (Å²) in [5, 5.41) is 0. The number of hydrogen-bond donors (Lipinski definition) is 0.